The molecule has 0 saturated heterocycles. The highest BCUT2D eigenvalue weighted by Gasteiger charge is 2.23. The highest BCUT2D eigenvalue weighted by Crippen LogP contribution is 2.21. The van der Waals surface area contributed by atoms with E-state index in [4.69, 9.17) is 4.52 Å². The highest BCUT2D eigenvalue weighted by molar-refractivity contribution is 6.03. The smallest absolute Gasteiger partial charge is 0.277 e. The summed E-state index contributed by atoms with van der Waals surface area (Å²) in [5.74, 6) is 0.225. The van der Waals surface area contributed by atoms with Gasteiger partial charge in [0.2, 0.25) is 5.91 Å². The van der Waals surface area contributed by atoms with Crippen molar-refractivity contribution in [2.45, 2.75) is 25.3 Å². The number of carbonyl (C=O) groups excluding carboxylic acids is 2. The third-order valence-corrected chi connectivity index (χ3v) is 4.32. The van der Waals surface area contributed by atoms with Crippen LogP contribution in [0.5, 0.6) is 0 Å². The average molecular weight is 361 g/mol. The Morgan fingerprint density at radius 1 is 1.04 bits per heavy atom. The minimum absolute atomic E-state index is 0.0327. The predicted octanol–water partition coefficient (Wildman–Crippen LogP) is 3.42. The Morgan fingerprint density at radius 3 is 2.48 bits per heavy atom. The van der Waals surface area contributed by atoms with E-state index in [9.17, 15) is 9.59 Å². The number of amides is 2. The number of hydrogen-bond donors (Lipinski definition) is 2. The maximum atomic E-state index is 12.4. The molecule has 1 aliphatic carbocycles. The Labute approximate surface area is 156 Å². The molecular formula is C21H19N3O3. The lowest BCUT2D eigenvalue weighted by atomic mass is 10.1. The number of benzene rings is 2. The van der Waals surface area contributed by atoms with Crippen LogP contribution >= 0.6 is 0 Å². The van der Waals surface area contributed by atoms with Crippen molar-refractivity contribution in [2.24, 2.45) is 0 Å². The fourth-order valence-electron chi connectivity index (χ4n) is 2.71. The van der Waals surface area contributed by atoms with E-state index in [1.54, 1.807) is 18.2 Å². The summed E-state index contributed by atoms with van der Waals surface area (Å²) in [6.07, 6.45) is 2.49. The molecule has 1 heterocycles. The zero-order chi connectivity index (χ0) is 18.6. The molecule has 0 aliphatic heterocycles. The van der Waals surface area contributed by atoms with E-state index in [2.05, 4.69) is 15.8 Å². The van der Waals surface area contributed by atoms with Crippen LogP contribution in [-0.2, 0) is 11.2 Å². The van der Waals surface area contributed by atoms with Gasteiger partial charge in [-0.3, -0.25) is 9.59 Å². The number of hydrogen-bond acceptors (Lipinski definition) is 4. The first-order valence-corrected chi connectivity index (χ1v) is 8.89. The average Bonchev–Trinajstić information content (AvgIpc) is 3.34. The Kier molecular flexibility index (Phi) is 4.70. The van der Waals surface area contributed by atoms with Gasteiger partial charge < -0.3 is 15.2 Å². The summed E-state index contributed by atoms with van der Waals surface area (Å²) >= 11 is 0. The molecule has 27 heavy (non-hydrogen) atoms. The standard InChI is InChI=1S/C21H19N3O3/c25-20(22-16-10-11-16)12-14-6-8-17(9-7-14)23-21(26)18-13-19(27-24-18)15-4-2-1-3-5-15/h1-9,13,16H,10-12H2,(H,22,25)(H,23,26). The summed E-state index contributed by atoms with van der Waals surface area (Å²) in [6.45, 7) is 0. The van der Waals surface area contributed by atoms with Gasteiger partial charge in [0.15, 0.2) is 11.5 Å². The first kappa shape index (κ1) is 17.0. The molecule has 2 aromatic carbocycles. The van der Waals surface area contributed by atoms with Gasteiger partial charge in [-0.25, -0.2) is 0 Å². The Balaban J connectivity index is 1.36. The molecule has 0 bridgehead atoms. The van der Waals surface area contributed by atoms with Crippen LogP contribution in [0.3, 0.4) is 0 Å². The molecule has 3 aromatic rings. The van der Waals surface area contributed by atoms with Gasteiger partial charge in [-0.05, 0) is 30.5 Å². The molecule has 1 aromatic heterocycles. The maximum absolute atomic E-state index is 12.4. The van der Waals surface area contributed by atoms with Gasteiger partial charge in [0.05, 0.1) is 6.42 Å². The van der Waals surface area contributed by atoms with Crippen LogP contribution in [0.2, 0.25) is 0 Å². The lowest BCUT2D eigenvalue weighted by Gasteiger charge is -2.06. The van der Waals surface area contributed by atoms with Crippen molar-refractivity contribution in [2.75, 3.05) is 5.32 Å². The monoisotopic (exact) mass is 361 g/mol. The van der Waals surface area contributed by atoms with E-state index in [1.807, 2.05) is 42.5 Å². The number of rotatable bonds is 6. The van der Waals surface area contributed by atoms with Crippen LogP contribution in [0.15, 0.2) is 65.2 Å². The van der Waals surface area contributed by atoms with Crippen LogP contribution < -0.4 is 10.6 Å². The summed E-state index contributed by atoms with van der Waals surface area (Å²) < 4.78 is 5.25. The van der Waals surface area contributed by atoms with E-state index < -0.39 is 0 Å². The highest BCUT2D eigenvalue weighted by atomic mass is 16.5. The minimum atomic E-state index is -0.347. The van der Waals surface area contributed by atoms with Crippen molar-refractivity contribution in [3.8, 4) is 11.3 Å². The molecule has 1 aliphatic rings. The lowest BCUT2D eigenvalue weighted by Crippen LogP contribution is -2.26. The van der Waals surface area contributed by atoms with Gasteiger partial charge in [-0.1, -0.05) is 47.6 Å². The van der Waals surface area contributed by atoms with Crippen molar-refractivity contribution in [3.05, 3.63) is 71.9 Å². The fraction of sp³-hybridized carbons (Fsp3) is 0.190. The van der Waals surface area contributed by atoms with Crippen molar-refractivity contribution in [3.63, 3.8) is 0 Å². The second-order valence-electron chi connectivity index (χ2n) is 6.61. The third-order valence-electron chi connectivity index (χ3n) is 4.32. The van der Waals surface area contributed by atoms with E-state index in [0.29, 0.717) is 23.9 Å². The van der Waals surface area contributed by atoms with E-state index >= 15 is 0 Å². The summed E-state index contributed by atoms with van der Waals surface area (Å²) in [4.78, 5) is 24.2. The molecule has 0 unspecified atom stereocenters. The van der Waals surface area contributed by atoms with Gasteiger partial charge in [0.25, 0.3) is 5.91 Å². The number of carbonyl (C=O) groups is 2. The normalized spacial score (nSPS) is 13.2. The van der Waals surface area contributed by atoms with Gasteiger partial charge in [0.1, 0.15) is 0 Å². The summed E-state index contributed by atoms with van der Waals surface area (Å²) in [6, 6.07) is 18.7. The predicted molar refractivity (Wildman–Crippen MR) is 101 cm³/mol. The van der Waals surface area contributed by atoms with Crippen LogP contribution in [0.25, 0.3) is 11.3 Å². The van der Waals surface area contributed by atoms with Crippen LogP contribution in [0.4, 0.5) is 5.69 Å². The summed E-state index contributed by atoms with van der Waals surface area (Å²) in [7, 11) is 0. The zero-order valence-corrected chi connectivity index (χ0v) is 14.6. The molecule has 0 atom stereocenters. The Hall–Kier alpha value is -3.41. The molecule has 4 rings (SSSR count). The van der Waals surface area contributed by atoms with Gasteiger partial charge in [-0.15, -0.1) is 0 Å². The summed E-state index contributed by atoms with van der Waals surface area (Å²) in [5.41, 5.74) is 2.61. The van der Waals surface area contributed by atoms with E-state index in [1.165, 1.54) is 0 Å². The molecule has 0 spiro atoms. The largest absolute Gasteiger partial charge is 0.355 e. The van der Waals surface area contributed by atoms with E-state index in [-0.39, 0.29) is 17.5 Å². The van der Waals surface area contributed by atoms with Crippen molar-refractivity contribution < 1.29 is 14.1 Å². The molecule has 6 heteroatoms. The molecule has 0 radical (unpaired) electrons. The lowest BCUT2D eigenvalue weighted by molar-refractivity contribution is -0.120. The van der Waals surface area contributed by atoms with Gasteiger partial charge >= 0.3 is 0 Å². The minimum Gasteiger partial charge on any atom is -0.355 e. The van der Waals surface area contributed by atoms with Crippen LogP contribution in [0, 0.1) is 0 Å². The first-order chi connectivity index (χ1) is 13.2. The van der Waals surface area contributed by atoms with Crippen molar-refractivity contribution >= 4 is 17.5 Å². The van der Waals surface area contributed by atoms with Gasteiger partial charge in [0, 0.05) is 23.4 Å². The summed E-state index contributed by atoms with van der Waals surface area (Å²) in [5, 5.41) is 9.58. The molecule has 1 saturated carbocycles. The van der Waals surface area contributed by atoms with Crippen LogP contribution in [-0.4, -0.2) is 23.0 Å². The topological polar surface area (TPSA) is 84.2 Å². The molecule has 2 amide bonds. The number of nitrogens with one attached hydrogen (secondary N) is 2. The quantitative estimate of drug-likeness (QED) is 0.705. The molecule has 136 valence electrons. The van der Waals surface area contributed by atoms with Crippen molar-refractivity contribution in [1.29, 1.82) is 0 Å². The molecule has 1 fully saturated rings. The Bertz CT molecular complexity index is 944. The second kappa shape index (κ2) is 7.45. The third kappa shape index (κ3) is 4.41. The fourth-order valence-corrected chi connectivity index (χ4v) is 2.71. The van der Waals surface area contributed by atoms with Crippen molar-refractivity contribution in [1.82, 2.24) is 10.5 Å². The molecular weight excluding hydrogens is 342 g/mol. The molecule has 6 nitrogen and oxygen atoms in total. The number of anilines is 1. The Morgan fingerprint density at radius 2 is 1.78 bits per heavy atom. The maximum Gasteiger partial charge on any atom is 0.277 e. The van der Waals surface area contributed by atoms with Gasteiger partial charge in [-0.2, -0.15) is 0 Å². The van der Waals surface area contributed by atoms with Crippen LogP contribution in [0.1, 0.15) is 28.9 Å². The van der Waals surface area contributed by atoms with E-state index in [0.717, 1.165) is 24.0 Å². The zero-order valence-electron chi connectivity index (χ0n) is 14.6. The number of nitrogens with zero attached hydrogens (tertiary/aromatic N) is 1. The molecule has 2 N–H and O–H groups in total. The number of aromatic nitrogens is 1. The first-order valence-electron chi connectivity index (χ1n) is 8.89. The SMILES string of the molecule is O=C(Cc1ccc(NC(=O)c2cc(-c3ccccc3)on2)cc1)NC1CC1. The second-order valence-corrected chi connectivity index (χ2v) is 6.61.